The molecule has 1 heterocycles. The van der Waals surface area contributed by atoms with E-state index in [1.165, 1.54) is 0 Å². The Kier molecular flexibility index (Phi) is 2.25. The molecule has 1 aromatic heterocycles. The van der Waals surface area contributed by atoms with Gasteiger partial charge in [-0.1, -0.05) is 12.1 Å². The highest BCUT2D eigenvalue weighted by Gasteiger charge is 2.07. The lowest BCUT2D eigenvalue weighted by Crippen LogP contribution is -1.77. The Morgan fingerprint density at radius 2 is 2.07 bits per heavy atom. The zero-order valence-electron chi connectivity index (χ0n) is 8.11. The molecule has 2 rings (SSSR count). The van der Waals surface area contributed by atoms with Gasteiger partial charge in [0.15, 0.2) is 0 Å². The zero-order chi connectivity index (χ0) is 10.1. The smallest absolute Gasteiger partial charge is 0.116 e. The fourth-order valence-corrected chi connectivity index (χ4v) is 2.36. The molecule has 0 spiro atoms. The molecule has 1 N–H and O–H groups in total. The predicted molar refractivity (Wildman–Crippen MR) is 58.7 cm³/mol. The van der Waals surface area contributed by atoms with Crippen LogP contribution in [0.5, 0.6) is 5.75 Å². The second-order valence-corrected chi connectivity index (χ2v) is 4.40. The number of hydrogen-bond donors (Lipinski definition) is 1. The normalized spacial score (nSPS) is 10.4. The van der Waals surface area contributed by atoms with E-state index < -0.39 is 0 Å². The molecule has 0 aliphatic heterocycles. The summed E-state index contributed by atoms with van der Waals surface area (Å²) in [5.41, 5.74) is 2.06. The monoisotopic (exact) mass is 205 g/mol. The van der Waals surface area contributed by atoms with Gasteiger partial charge < -0.3 is 5.11 Å². The van der Waals surface area contributed by atoms with Gasteiger partial charge in [0, 0.05) is 0 Å². The second-order valence-electron chi connectivity index (χ2n) is 3.20. The van der Waals surface area contributed by atoms with Gasteiger partial charge in [0.25, 0.3) is 0 Å². The first-order valence-corrected chi connectivity index (χ1v) is 5.22. The van der Waals surface area contributed by atoms with Gasteiger partial charge in [0.05, 0.1) is 15.6 Å². The Hall–Kier alpha value is -1.35. The van der Waals surface area contributed by atoms with Crippen LogP contribution >= 0.6 is 11.3 Å². The molecule has 0 unspecified atom stereocenters. The summed E-state index contributed by atoms with van der Waals surface area (Å²) in [5, 5.41) is 10.4. The van der Waals surface area contributed by atoms with E-state index in [0.29, 0.717) is 5.75 Å². The van der Waals surface area contributed by atoms with Gasteiger partial charge in [-0.15, -0.1) is 11.3 Å². The van der Waals surface area contributed by atoms with Crippen molar-refractivity contribution in [3.05, 3.63) is 35.0 Å². The first-order valence-electron chi connectivity index (χ1n) is 4.40. The van der Waals surface area contributed by atoms with E-state index in [4.69, 9.17) is 0 Å². The predicted octanol–water partition coefficient (Wildman–Crippen LogP) is 3.13. The molecule has 0 aliphatic rings. The largest absolute Gasteiger partial charge is 0.508 e. The Morgan fingerprint density at radius 1 is 1.29 bits per heavy atom. The van der Waals surface area contributed by atoms with Gasteiger partial charge in [0.2, 0.25) is 0 Å². The van der Waals surface area contributed by atoms with Crippen LogP contribution in [0.3, 0.4) is 0 Å². The molecule has 0 aliphatic carbocycles. The quantitative estimate of drug-likeness (QED) is 0.775. The summed E-state index contributed by atoms with van der Waals surface area (Å²) in [6.45, 7) is 3.98. The second kappa shape index (κ2) is 3.42. The van der Waals surface area contributed by atoms with Crippen molar-refractivity contribution in [2.45, 2.75) is 13.8 Å². The Morgan fingerprint density at radius 3 is 2.64 bits per heavy atom. The number of aromatic nitrogens is 1. The van der Waals surface area contributed by atoms with Crippen molar-refractivity contribution in [2.75, 3.05) is 0 Å². The van der Waals surface area contributed by atoms with Crippen LogP contribution in [0.1, 0.15) is 10.7 Å². The number of aryl methyl sites for hydroxylation is 2. The lowest BCUT2D eigenvalue weighted by molar-refractivity contribution is 0.475. The van der Waals surface area contributed by atoms with Gasteiger partial charge in [-0.25, -0.2) is 4.98 Å². The van der Waals surface area contributed by atoms with Crippen molar-refractivity contribution in [2.24, 2.45) is 0 Å². The highest BCUT2D eigenvalue weighted by Crippen LogP contribution is 2.31. The van der Waals surface area contributed by atoms with Crippen LogP contribution in [-0.2, 0) is 0 Å². The molecule has 0 fully saturated rings. The number of aromatic hydroxyl groups is 1. The molecule has 2 aromatic rings. The summed E-state index contributed by atoms with van der Waals surface area (Å²) < 4.78 is 0. The van der Waals surface area contributed by atoms with E-state index >= 15 is 0 Å². The number of nitrogens with zero attached hydrogens (tertiary/aromatic N) is 1. The highest BCUT2D eigenvalue weighted by atomic mass is 32.1. The molecular weight excluding hydrogens is 194 g/mol. The first-order chi connectivity index (χ1) is 6.66. The van der Waals surface area contributed by atoms with Gasteiger partial charge in [0.1, 0.15) is 5.75 Å². The van der Waals surface area contributed by atoms with E-state index in [2.05, 4.69) is 4.98 Å². The van der Waals surface area contributed by atoms with E-state index in [9.17, 15) is 5.11 Å². The highest BCUT2D eigenvalue weighted by molar-refractivity contribution is 7.15. The number of thiazole rings is 1. The van der Waals surface area contributed by atoms with E-state index in [0.717, 1.165) is 21.1 Å². The molecule has 0 bridgehead atoms. The number of phenolic OH excluding ortho intramolecular Hbond substituents is 1. The minimum Gasteiger partial charge on any atom is -0.508 e. The van der Waals surface area contributed by atoms with Crippen LogP contribution in [0.4, 0.5) is 0 Å². The van der Waals surface area contributed by atoms with Gasteiger partial charge in [-0.05, 0) is 31.5 Å². The summed E-state index contributed by atoms with van der Waals surface area (Å²) in [5.74, 6) is 0.299. The molecule has 14 heavy (non-hydrogen) atoms. The number of rotatable bonds is 1. The topological polar surface area (TPSA) is 33.1 Å². The summed E-state index contributed by atoms with van der Waals surface area (Å²) in [6.07, 6.45) is 0. The van der Waals surface area contributed by atoms with Crippen molar-refractivity contribution in [1.29, 1.82) is 0 Å². The molecule has 0 atom stereocenters. The minimum absolute atomic E-state index is 0.299. The minimum atomic E-state index is 0.299. The fraction of sp³-hybridized carbons (Fsp3) is 0.182. The third-order valence-electron chi connectivity index (χ3n) is 2.01. The maximum absolute atomic E-state index is 9.36. The van der Waals surface area contributed by atoms with E-state index in [-0.39, 0.29) is 0 Å². The SMILES string of the molecule is Cc1nc(C)c(-c2cccc(O)c2)s1. The van der Waals surface area contributed by atoms with Crippen LogP contribution in [0.2, 0.25) is 0 Å². The molecular formula is C11H11NOS. The van der Waals surface area contributed by atoms with E-state index in [1.807, 2.05) is 26.0 Å². The van der Waals surface area contributed by atoms with Crippen LogP contribution in [0.25, 0.3) is 10.4 Å². The van der Waals surface area contributed by atoms with Crippen LogP contribution in [0.15, 0.2) is 24.3 Å². The number of benzene rings is 1. The van der Waals surface area contributed by atoms with Crippen LogP contribution in [-0.4, -0.2) is 10.1 Å². The fourth-order valence-electron chi connectivity index (χ4n) is 1.45. The van der Waals surface area contributed by atoms with Crippen molar-refractivity contribution in [3.8, 4) is 16.2 Å². The Bertz CT molecular complexity index is 462. The van der Waals surface area contributed by atoms with Crippen molar-refractivity contribution >= 4 is 11.3 Å². The maximum Gasteiger partial charge on any atom is 0.116 e. The van der Waals surface area contributed by atoms with Crippen LogP contribution < -0.4 is 0 Å². The lowest BCUT2D eigenvalue weighted by Gasteiger charge is -1.98. The third kappa shape index (κ3) is 1.63. The average molecular weight is 205 g/mol. The van der Waals surface area contributed by atoms with Crippen molar-refractivity contribution < 1.29 is 5.11 Å². The molecule has 72 valence electrons. The standard InChI is InChI=1S/C11H11NOS/c1-7-11(14-8(2)12-7)9-4-3-5-10(13)6-9/h3-6,13H,1-2H3. The number of phenols is 1. The van der Waals surface area contributed by atoms with E-state index in [1.54, 1.807) is 23.5 Å². The van der Waals surface area contributed by atoms with Crippen LogP contribution in [0, 0.1) is 13.8 Å². The van der Waals surface area contributed by atoms with Crippen molar-refractivity contribution in [3.63, 3.8) is 0 Å². The zero-order valence-corrected chi connectivity index (χ0v) is 8.93. The summed E-state index contributed by atoms with van der Waals surface area (Å²) in [4.78, 5) is 5.49. The molecule has 1 aromatic carbocycles. The molecule has 2 nitrogen and oxygen atoms in total. The van der Waals surface area contributed by atoms with Crippen molar-refractivity contribution in [1.82, 2.24) is 4.98 Å². The summed E-state index contributed by atoms with van der Waals surface area (Å²) in [6, 6.07) is 7.27. The first kappa shape index (κ1) is 9.21. The molecule has 3 heteroatoms. The van der Waals surface area contributed by atoms with Gasteiger partial charge in [-0.3, -0.25) is 0 Å². The Balaban J connectivity index is 2.54. The Labute approximate surface area is 86.9 Å². The van der Waals surface area contributed by atoms with Gasteiger partial charge >= 0.3 is 0 Å². The summed E-state index contributed by atoms with van der Waals surface area (Å²) in [7, 11) is 0. The van der Waals surface area contributed by atoms with Gasteiger partial charge in [-0.2, -0.15) is 0 Å². The molecule has 0 saturated heterocycles. The maximum atomic E-state index is 9.36. The summed E-state index contributed by atoms with van der Waals surface area (Å²) >= 11 is 1.65. The third-order valence-corrected chi connectivity index (χ3v) is 3.13. The molecule has 0 saturated carbocycles. The lowest BCUT2D eigenvalue weighted by atomic mass is 10.1. The molecule has 0 radical (unpaired) electrons. The number of hydrogen-bond acceptors (Lipinski definition) is 3. The molecule has 0 amide bonds. The average Bonchev–Trinajstić information content (AvgIpc) is 2.45.